The van der Waals surface area contributed by atoms with Crippen LogP contribution in [-0.2, 0) is 10.9 Å². The Kier molecular flexibility index (Phi) is 4.41. The highest BCUT2D eigenvalue weighted by Crippen LogP contribution is 2.32. The van der Waals surface area contributed by atoms with Crippen LogP contribution in [-0.4, -0.2) is 38.8 Å². The third-order valence-electron chi connectivity index (χ3n) is 3.64. The highest BCUT2D eigenvalue weighted by Gasteiger charge is 2.39. The summed E-state index contributed by atoms with van der Waals surface area (Å²) in [5.74, 6) is -1.10. The van der Waals surface area contributed by atoms with Crippen molar-refractivity contribution >= 4 is 23.1 Å². The van der Waals surface area contributed by atoms with Gasteiger partial charge in [-0.15, -0.1) is 0 Å². The van der Waals surface area contributed by atoms with E-state index < -0.39 is 23.4 Å². The first-order chi connectivity index (χ1) is 12.3. The summed E-state index contributed by atoms with van der Waals surface area (Å²) in [4.78, 5) is 14.8. The van der Waals surface area contributed by atoms with E-state index in [1.165, 1.54) is 13.1 Å². The number of carbonyl (C=O) groups excluding carboxylic acids is 1. The number of hydrogen-bond donors (Lipinski definition) is 2. The van der Waals surface area contributed by atoms with Crippen LogP contribution in [0.5, 0.6) is 0 Å². The van der Waals surface area contributed by atoms with Crippen molar-refractivity contribution < 1.29 is 27.9 Å². The molecule has 0 bridgehead atoms. The molecule has 2 heterocycles. The number of esters is 1. The number of hydrogen-bond acceptors (Lipinski definition) is 5. The lowest BCUT2D eigenvalue weighted by Gasteiger charge is -2.05. The molecule has 10 heteroatoms. The fourth-order valence-corrected chi connectivity index (χ4v) is 2.52. The van der Waals surface area contributed by atoms with Gasteiger partial charge in [-0.2, -0.15) is 18.3 Å². The Balaban J connectivity index is 2.13. The largest absolute Gasteiger partial charge is 0.462 e. The summed E-state index contributed by atoms with van der Waals surface area (Å²) in [7, 11) is 0. The summed E-state index contributed by atoms with van der Waals surface area (Å²) >= 11 is 0. The second-order valence-corrected chi connectivity index (χ2v) is 5.27. The highest BCUT2D eigenvalue weighted by molar-refractivity contribution is 5.99. The van der Waals surface area contributed by atoms with Gasteiger partial charge in [-0.1, -0.05) is 5.16 Å². The molecule has 3 aromatic rings. The van der Waals surface area contributed by atoms with Crippen LogP contribution >= 0.6 is 0 Å². The van der Waals surface area contributed by atoms with Crippen molar-refractivity contribution in [3.63, 3.8) is 0 Å². The molecule has 0 atom stereocenters. The predicted molar refractivity (Wildman–Crippen MR) is 85.8 cm³/mol. The van der Waals surface area contributed by atoms with Gasteiger partial charge in [0.1, 0.15) is 5.56 Å². The second kappa shape index (κ2) is 6.54. The molecule has 0 fully saturated rings. The van der Waals surface area contributed by atoms with Gasteiger partial charge in [0.15, 0.2) is 5.69 Å². The molecule has 0 amide bonds. The number of oxime groups is 1. The quantitative estimate of drug-likeness (QED) is 0.321. The fraction of sp³-hybridized carbons (Fsp3) is 0.188. The zero-order valence-electron chi connectivity index (χ0n) is 13.4. The number of aromatic nitrogens is 3. The molecule has 0 saturated heterocycles. The minimum Gasteiger partial charge on any atom is -0.462 e. The molecular formula is C16H13F3N4O3. The van der Waals surface area contributed by atoms with Gasteiger partial charge >= 0.3 is 12.1 Å². The Hall–Kier alpha value is -3.30. The monoisotopic (exact) mass is 366 g/mol. The van der Waals surface area contributed by atoms with Gasteiger partial charge in [-0.25, -0.2) is 9.48 Å². The summed E-state index contributed by atoms with van der Waals surface area (Å²) < 4.78 is 45.3. The topological polar surface area (TPSA) is 92.5 Å². The number of alkyl halides is 3. The predicted octanol–water partition coefficient (Wildman–Crippen LogP) is 3.36. The minimum absolute atomic E-state index is 0.0551. The van der Waals surface area contributed by atoms with Crippen LogP contribution in [0.4, 0.5) is 13.2 Å². The van der Waals surface area contributed by atoms with Crippen molar-refractivity contribution in [1.29, 1.82) is 0 Å². The number of rotatable bonds is 4. The first-order valence-corrected chi connectivity index (χ1v) is 7.48. The first kappa shape index (κ1) is 17.5. The zero-order valence-corrected chi connectivity index (χ0v) is 13.4. The van der Waals surface area contributed by atoms with Crippen LogP contribution in [0.3, 0.4) is 0 Å². The van der Waals surface area contributed by atoms with Crippen molar-refractivity contribution in [2.45, 2.75) is 13.1 Å². The lowest BCUT2D eigenvalue weighted by atomic mass is 10.1. The first-order valence-electron chi connectivity index (χ1n) is 7.48. The Labute approximate surface area is 144 Å². The van der Waals surface area contributed by atoms with Gasteiger partial charge in [-0.3, -0.25) is 0 Å². The normalized spacial score (nSPS) is 12.2. The second-order valence-electron chi connectivity index (χ2n) is 5.27. The molecule has 0 aliphatic heterocycles. The fourth-order valence-electron chi connectivity index (χ4n) is 2.52. The third-order valence-corrected chi connectivity index (χ3v) is 3.64. The zero-order chi connectivity index (χ0) is 18.9. The molecule has 3 rings (SSSR count). The van der Waals surface area contributed by atoms with E-state index in [4.69, 9.17) is 5.21 Å². The molecule has 0 saturated carbocycles. The average molecular weight is 366 g/mol. The van der Waals surface area contributed by atoms with Gasteiger partial charge in [0, 0.05) is 28.9 Å². The van der Waals surface area contributed by atoms with Crippen LogP contribution in [0.15, 0.2) is 35.7 Å². The van der Waals surface area contributed by atoms with Crippen LogP contribution < -0.4 is 0 Å². The van der Waals surface area contributed by atoms with E-state index in [9.17, 15) is 18.0 Å². The van der Waals surface area contributed by atoms with Crippen molar-refractivity contribution in [2.75, 3.05) is 6.61 Å². The molecular weight excluding hydrogens is 353 g/mol. The van der Waals surface area contributed by atoms with E-state index in [-0.39, 0.29) is 6.61 Å². The van der Waals surface area contributed by atoms with Gasteiger partial charge in [0.2, 0.25) is 0 Å². The average Bonchev–Trinajstić information content (AvgIpc) is 3.19. The number of carbonyl (C=O) groups is 1. The number of aromatic amines is 1. The molecule has 0 spiro atoms. The van der Waals surface area contributed by atoms with E-state index in [0.717, 1.165) is 10.9 Å². The van der Waals surface area contributed by atoms with Gasteiger partial charge < -0.3 is 14.9 Å². The number of nitrogens with zero attached hydrogens (tertiary/aromatic N) is 3. The van der Waals surface area contributed by atoms with E-state index in [1.54, 1.807) is 24.4 Å². The summed E-state index contributed by atoms with van der Waals surface area (Å²) in [5, 5.41) is 15.8. The Morgan fingerprint density at radius 3 is 2.88 bits per heavy atom. The minimum atomic E-state index is -4.81. The van der Waals surface area contributed by atoms with E-state index >= 15 is 0 Å². The summed E-state index contributed by atoms with van der Waals surface area (Å²) in [5.41, 5.74) is -0.450. The van der Waals surface area contributed by atoms with E-state index in [1.807, 2.05) is 0 Å². The summed E-state index contributed by atoms with van der Waals surface area (Å²) in [6.07, 6.45) is -1.05. The smallest absolute Gasteiger partial charge is 0.436 e. The lowest BCUT2D eigenvalue weighted by Crippen LogP contribution is -2.14. The molecule has 0 radical (unpaired) electrons. The molecule has 136 valence electrons. The van der Waals surface area contributed by atoms with Crippen molar-refractivity contribution in [1.82, 2.24) is 14.8 Å². The standard InChI is InChI=1S/C16H13F3N4O3/c1-2-26-15(24)12-8-23(22-14(12)16(17,18)19)10-3-4-13-11(5-10)9(6-20-13)7-21-25/h3-8,20,25H,2H2,1H3. The summed E-state index contributed by atoms with van der Waals surface area (Å²) in [6.45, 7) is 1.44. The van der Waals surface area contributed by atoms with Crippen LogP contribution in [0.25, 0.3) is 16.6 Å². The molecule has 26 heavy (non-hydrogen) atoms. The van der Waals surface area contributed by atoms with Crippen LogP contribution in [0.1, 0.15) is 28.5 Å². The molecule has 0 aliphatic rings. The molecule has 2 aromatic heterocycles. The lowest BCUT2D eigenvalue weighted by molar-refractivity contribution is -0.141. The molecule has 7 nitrogen and oxygen atoms in total. The van der Waals surface area contributed by atoms with E-state index in [2.05, 4.69) is 20.0 Å². The molecule has 2 N–H and O–H groups in total. The van der Waals surface area contributed by atoms with Crippen molar-refractivity contribution in [3.05, 3.63) is 47.4 Å². The van der Waals surface area contributed by atoms with Crippen molar-refractivity contribution in [2.24, 2.45) is 5.16 Å². The number of benzene rings is 1. The Morgan fingerprint density at radius 2 is 2.23 bits per heavy atom. The SMILES string of the molecule is CCOC(=O)c1cn(-c2ccc3[nH]cc(C=NO)c3c2)nc1C(F)(F)F. The number of fused-ring (bicyclic) bond motifs is 1. The maximum atomic E-state index is 13.2. The Bertz CT molecular complexity index is 988. The van der Waals surface area contributed by atoms with E-state index in [0.29, 0.717) is 22.2 Å². The maximum Gasteiger partial charge on any atom is 0.436 e. The third kappa shape index (κ3) is 3.13. The molecule has 0 unspecified atom stereocenters. The van der Waals surface area contributed by atoms with Crippen molar-refractivity contribution in [3.8, 4) is 5.69 Å². The van der Waals surface area contributed by atoms with Crippen LogP contribution in [0.2, 0.25) is 0 Å². The number of ether oxygens (including phenoxy) is 1. The number of nitrogens with one attached hydrogen (secondary N) is 1. The number of H-pyrrole nitrogens is 1. The van der Waals surface area contributed by atoms with Gasteiger partial charge in [-0.05, 0) is 25.1 Å². The summed E-state index contributed by atoms with van der Waals surface area (Å²) in [6, 6.07) is 4.74. The van der Waals surface area contributed by atoms with Gasteiger partial charge in [0.25, 0.3) is 0 Å². The molecule has 1 aromatic carbocycles. The molecule has 0 aliphatic carbocycles. The maximum absolute atomic E-state index is 13.2. The van der Waals surface area contributed by atoms with Gasteiger partial charge in [0.05, 0.1) is 18.5 Å². The Morgan fingerprint density at radius 1 is 1.46 bits per heavy atom. The number of halogens is 3. The highest BCUT2D eigenvalue weighted by atomic mass is 19.4. The van der Waals surface area contributed by atoms with Crippen LogP contribution in [0, 0.1) is 0 Å².